The third-order valence-electron chi connectivity index (χ3n) is 3.78. The van der Waals surface area contributed by atoms with Gasteiger partial charge in [-0.1, -0.05) is 58.5 Å². The monoisotopic (exact) mass is 486 g/mol. The molecule has 0 aliphatic heterocycles. The van der Waals surface area contributed by atoms with Crippen LogP contribution in [0.25, 0.3) is 0 Å². The largest absolute Gasteiger partial charge is 0.478 e. The van der Waals surface area contributed by atoms with Crippen LogP contribution in [0.5, 0.6) is 23.0 Å². The molecule has 0 heterocycles. The Labute approximate surface area is 190 Å². The minimum absolute atomic E-state index is 0.0123. The average molecular weight is 488 g/mol. The third-order valence-corrected chi connectivity index (χ3v) is 5.42. The fourth-order valence-electron chi connectivity index (χ4n) is 2.39. The van der Waals surface area contributed by atoms with Crippen molar-refractivity contribution in [2.45, 2.75) is 0 Å². The van der Waals surface area contributed by atoms with Crippen LogP contribution in [0.1, 0.15) is 20.7 Å². The highest BCUT2D eigenvalue weighted by Gasteiger charge is 2.24. The van der Waals surface area contributed by atoms with Gasteiger partial charge in [0.25, 0.3) is 0 Å². The molecule has 0 bridgehead atoms. The van der Waals surface area contributed by atoms with E-state index in [0.29, 0.717) is 0 Å². The molecule has 3 aromatic rings. The number of ether oxygens (including phenoxy) is 2. The van der Waals surface area contributed by atoms with E-state index in [4.69, 9.17) is 66.1 Å². The molecule has 154 valence electrons. The molecule has 0 aromatic heterocycles. The summed E-state index contributed by atoms with van der Waals surface area (Å²) in [6, 6.07) is 11.3. The summed E-state index contributed by atoms with van der Waals surface area (Å²) < 4.78 is 11.3. The first kappa shape index (κ1) is 22.1. The van der Waals surface area contributed by atoms with Crippen LogP contribution in [-0.2, 0) is 0 Å². The van der Waals surface area contributed by atoms with Gasteiger partial charge in [-0.05, 0) is 36.4 Å². The predicted molar refractivity (Wildman–Crippen MR) is 113 cm³/mol. The van der Waals surface area contributed by atoms with E-state index in [2.05, 4.69) is 0 Å². The van der Waals surface area contributed by atoms with Crippen LogP contribution in [0.4, 0.5) is 0 Å². The third kappa shape index (κ3) is 4.57. The van der Waals surface area contributed by atoms with E-state index in [1.807, 2.05) is 0 Å². The molecule has 0 fully saturated rings. The summed E-state index contributed by atoms with van der Waals surface area (Å²) in [6.45, 7) is 0. The average Bonchev–Trinajstić information content (AvgIpc) is 2.73. The van der Waals surface area contributed by atoms with Crippen LogP contribution >= 0.6 is 46.4 Å². The maximum Gasteiger partial charge on any atom is 0.335 e. The van der Waals surface area contributed by atoms with E-state index < -0.39 is 11.9 Å². The van der Waals surface area contributed by atoms with E-state index in [-0.39, 0.29) is 54.2 Å². The SMILES string of the molecule is O=C(O)c1cccc(Oc2c(Cl)c(Cl)c(Cl)c(Oc3cccc(C(=O)O)c3)c2Cl)c1. The second-order valence-corrected chi connectivity index (χ2v) is 7.30. The Balaban J connectivity index is 2.05. The predicted octanol–water partition coefficient (Wildman–Crippen LogP) is 7.28. The first-order chi connectivity index (χ1) is 14.2. The molecule has 30 heavy (non-hydrogen) atoms. The Morgan fingerprint density at radius 1 is 0.633 bits per heavy atom. The number of carboxylic acids is 2. The van der Waals surface area contributed by atoms with Crippen LogP contribution in [-0.4, -0.2) is 22.2 Å². The smallest absolute Gasteiger partial charge is 0.335 e. The van der Waals surface area contributed by atoms with Crippen molar-refractivity contribution in [2.24, 2.45) is 0 Å². The first-order valence-electron chi connectivity index (χ1n) is 8.07. The van der Waals surface area contributed by atoms with Gasteiger partial charge in [0.2, 0.25) is 0 Å². The van der Waals surface area contributed by atoms with E-state index in [1.165, 1.54) is 48.5 Å². The van der Waals surface area contributed by atoms with E-state index in [0.717, 1.165) is 0 Å². The zero-order valence-electron chi connectivity index (χ0n) is 14.7. The summed E-state index contributed by atoms with van der Waals surface area (Å²) in [5.74, 6) is -2.24. The van der Waals surface area contributed by atoms with Gasteiger partial charge in [0, 0.05) is 0 Å². The Kier molecular flexibility index (Phi) is 6.63. The maximum atomic E-state index is 11.2. The number of hydrogen-bond donors (Lipinski definition) is 2. The molecule has 10 heteroatoms. The minimum atomic E-state index is -1.14. The number of benzene rings is 3. The quantitative estimate of drug-likeness (QED) is 0.280. The minimum Gasteiger partial charge on any atom is -0.478 e. The van der Waals surface area contributed by atoms with Crippen molar-refractivity contribution >= 4 is 58.3 Å². The molecule has 0 atom stereocenters. The van der Waals surface area contributed by atoms with Crippen LogP contribution in [0.3, 0.4) is 0 Å². The Morgan fingerprint density at radius 2 is 1.03 bits per heavy atom. The van der Waals surface area contributed by atoms with Gasteiger partial charge in [-0.2, -0.15) is 0 Å². The van der Waals surface area contributed by atoms with E-state index in [1.54, 1.807) is 0 Å². The molecule has 6 nitrogen and oxygen atoms in total. The Hall–Kier alpha value is -2.64. The molecule has 0 saturated heterocycles. The fraction of sp³-hybridized carbons (Fsp3) is 0. The summed E-state index contributed by atoms with van der Waals surface area (Å²) in [5.41, 5.74) is -0.0245. The highest BCUT2D eigenvalue weighted by Crippen LogP contribution is 2.52. The fourth-order valence-corrected chi connectivity index (χ4v) is 3.43. The lowest BCUT2D eigenvalue weighted by atomic mass is 10.2. The molecule has 3 rings (SSSR count). The summed E-state index contributed by atoms with van der Waals surface area (Å²) in [5, 5.41) is 17.8. The van der Waals surface area contributed by atoms with Crippen molar-refractivity contribution in [3.63, 3.8) is 0 Å². The lowest BCUT2D eigenvalue weighted by Crippen LogP contribution is -1.98. The normalized spacial score (nSPS) is 10.5. The lowest BCUT2D eigenvalue weighted by Gasteiger charge is -2.17. The molecular weight excluding hydrogens is 478 g/mol. The zero-order valence-corrected chi connectivity index (χ0v) is 17.7. The second kappa shape index (κ2) is 9.02. The number of carbonyl (C=O) groups is 2. The number of aromatic carboxylic acids is 2. The van der Waals surface area contributed by atoms with Gasteiger partial charge < -0.3 is 19.7 Å². The summed E-state index contributed by atoms with van der Waals surface area (Å²) in [6.07, 6.45) is 0. The number of carboxylic acid groups (broad SMARTS) is 2. The highest BCUT2D eigenvalue weighted by atomic mass is 35.5. The molecule has 0 unspecified atom stereocenters. The van der Waals surface area contributed by atoms with Gasteiger partial charge in [-0.25, -0.2) is 9.59 Å². The molecule has 0 aliphatic rings. The molecule has 2 N–H and O–H groups in total. The molecule has 0 spiro atoms. The molecule has 3 aromatic carbocycles. The second-order valence-electron chi connectivity index (χ2n) is 5.78. The molecular formula is C20H10Cl4O6. The number of rotatable bonds is 6. The van der Waals surface area contributed by atoms with Crippen LogP contribution in [0.15, 0.2) is 48.5 Å². The molecule has 0 saturated carbocycles. The number of halogens is 4. The standard InChI is InChI=1S/C20H10Cl4O6/c21-13-14(22)17(29-11-5-1-3-9(7-11)19(25)26)16(24)18(15(13)23)30-12-6-2-4-10(8-12)20(27)28/h1-8H,(H,25,26)(H,27,28). The van der Waals surface area contributed by atoms with Crippen molar-refractivity contribution in [3.8, 4) is 23.0 Å². The van der Waals surface area contributed by atoms with Gasteiger partial charge in [-0.15, -0.1) is 0 Å². The van der Waals surface area contributed by atoms with Gasteiger partial charge in [0.15, 0.2) is 11.5 Å². The summed E-state index contributed by atoms with van der Waals surface area (Å²) in [7, 11) is 0. The van der Waals surface area contributed by atoms with Crippen molar-refractivity contribution in [2.75, 3.05) is 0 Å². The topological polar surface area (TPSA) is 93.1 Å². The highest BCUT2D eigenvalue weighted by molar-refractivity contribution is 6.51. The van der Waals surface area contributed by atoms with E-state index >= 15 is 0 Å². The Bertz CT molecular complexity index is 1080. The zero-order chi connectivity index (χ0) is 22.0. The molecule has 0 aliphatic carbocycles. The van der Waals surface area contributed by atoms with Crippen LogP contribution < -0.4 is 9.47 Å². The maximum absolute atomic E-state index is 11.2. The van der Waals surface area contributed by atoms with Gasteiger partial charge in [0.1, 0.15) is 26.6 Å². The van der Waals surface area contributed by atoms with Gasteiger partial charge in [0.05, 0.1) is 16.1 Å². The van der Waals surface area contributed by atoms with Crippen molar-refractivity contribution in [3.05, 3.63) is 79.7 Å². The number of hydrogen-bond acceptors (Lipinski definition) is 4. The lowest BCUT2D eigenvalue weighted by molar-refractivity contribution is 0.0686. The van der Waals surface area contributed by atoms with E-state index in [9.17, 15) is 9.59 Å². The first-order valence-corrected chi connectivity index (χ1v) is 9.58. The van der Waals surface area contributed by atoms with Crippen molar-refractivity contribution < 1.29 is 29.3 Å². The van der Waals surface area contributed by atoms with Crippen LogP contribution in [0.2, 0.25) is 20.1 Å². The Morgan fingerprint density at radius 3 is 1.40 bits per heavy atom. The molecule has 0 radical (unpaired) electrons. The van der Waals surface area contributed by atoms with Gasteiger partial charge in [-0.3, -0.25) is 0 Å². The van der Waals surface area contributed by atoms with Gasteiger partial charge >= 0.3 is 11.9 Å². The van der Waals surface area contributed by atoms with Crippen molar-refractivity contribution in [1.29, 1.82) is 0 Å². The van der Waals surface area contributed by atoms with Crippen LogP contribution in [0, 0.1) is 0 Å². The summed E-state index contributed by atoms with van der Waals surface area (Å²) in [4.78, 5) is 22.3. The summed E-state index contributed by atoms with van der Waals surface area (Å²) >= 11 is 25.0. The van der Waals surface area contributed by atoms with Crippen molar-refractivity contribution in [1.82, 2.24) is 0 Å². The molecule has 0 amide bonds.